The van der Waals surface area contributed by atoms with E-state index in [4.69, 9.17) is 0 Å². The molecule has 0 aliphatic heterocycles. The minimum Gasteiger partial charge on any atom is -0.0610 e. The number of fused-ring (bicyclic) bond motifs is 13. The molecule has 0 bridgehead atoms. The van der Waals surface area contributed by atoms with E-state index in [0.717, 1.165) is 0 Å². The average molecular weight is 1030 g/mol. The van der Waals surface area contributed by atoms with Crippen LogP contribution < -0.4 is 0 Å². The van der Waals surface area contributed by atoms with Crippen LogP contribution >= 0.6 is 0 Å². The molecule has 1 aliphatic carbocycles. The SMILES string of the molecule is Cc1cc2cc3c(cc2cc1C)-c1ccc2c4ccc5c6c(-c7cc(C(C)(C)C)cc(C(C)(C)C)c7)c7cc8c(cc7c(-c7cc(C(C)(C)C)cc(C(C)(C)C)c7)c6c6ccc(c7ccc-3c1c72)c4c65)c1cccc2cccc8c21. The van der Waals surface area contributed by atoms with E-state index < -0.39 is 0 Å². The maximum Gasteiger partial charge on any atom is -0.000740 e. The molecule has 0 saturated heterocycles. The Labute approximate surface area is 470 Å². The number of rotatable bonds is 2. The zero-order chi connectivity index (χ0) is 55.2. The molecule has 0 atom stereocenters. The summed E-state index contributed by atoms with van der Waals surface area (Å²) in [5.74, 6) is 0. The molecule has 0 nitrogen and oxygen atoms in total. The van der Waals surface area contributed by atoms with E-state index >= 15 is 0 Å². The van der Waals surface area contributed by atoms with Crippen LogP contribution in [-0.2, 0) is 21.7 Å². The van der Waals surface area contributed by atoms with Gasteiger partial charge in [-0.2, -0.15) is 0 Å². The van der Waals surface area contributed by atoms with Crippen LogP contribution in [-0.4, -0.2) is 0 Å². The molecular formula is C80H68. The van der Waals surface area contributed by atoms with Gasteiger partial charge in [0.05, 0.1) is 0 Å². The molecule has 0 heteroatoms. The van der Waals surface area contributed by atoms with Crippen LogP contribution in [0.5, 0.6) is 0 Å². The van der Waals surface area contributed by atoms with E-state index in [1.54, 1.807) is 0 Å². The predicted octanol–water partition coefficient (Wildman–Crippen LogP) is 23.5. The summed E-state index contributed by atoms with van der Waals surface area (Å²) in [5, 5.41) is 29.5. The third kappa shape index (κ3) is 6.40. The summed E-state index contributed by atoms with van der Waals surface area (Å²) in [7, 11) is 0. The minimum atomic E-state index is -0.0729. The standard InChI is InChI=1S/C80H68/c1-41-29-44-35-62-58-23-21-54-56-25-27-60-74-61(28-26-57(72(56)74)55-22-24-59(73(58)71(54)55)63(62)36-45(44)30-42(41)2)76-70(47-33-50(79(9,10)11)38-51(34-47)80(12,13)14)67-40-65-53-20-16-18-43-17-15-19-52(68(43)53)64(65)39-66(67)69(75(60)76)46-31-48(77(3,4)5)37-49(32-46)78(6,7)8/h15-40H,1-14H3. The molecule has 15 aromatic carbocycles. The number of benzene rings is 13. The highest BCUT2D eigenvalue weighted by atomic mass is 14.4. The van der Waals surface area contributed by atoms with Crippen molar-refractivity contribution in [3.8, 4) is 44.5 Å². The second kappa shape index (κ2) is 15.4. The summed E-state index contributed by atoms with van der Waals surface area (Å²) in [6.45, 7) is 33.1. The van der Waals surface area contributed by atoms with Crippen molar-refractivity contribution in [3.63, 3.8) is 0 Å². The summed E-state index contributed by atoms with van der Waals surface area (Å²) >= 11 is 0. The Kier molecular flexibility index (Phi) is 9.24. The fourth-order valence-electron chi connectivity index (χ4n) is 15.0. The lowest BCUT2D eigenvalue weighted by molar-refractivity contribution is 0.568. The molecule has 15 aromatic rings. The monoisotopic (exact) mass is 1030 g/mol. The second-order valence-corrected chi connectivity index (χ2v) is 28.6. The zero-order valence-corrected chi connectivity index (χ0v) is 49.0. The topological polar surface area (TPSA) is 0 Å². The molecule has 0 saturated carbocycles. The first kappa shape index (κ1) is 47.9. The summed E-state index contributed by atoms with van der Waals surface area (Å²) in [5.41, 5.74) is 18.5. The van der Waals surface area contributed by atoms with Gasteiger partial charge in [-0.25, -0.2) is 0 Å². The third-order valence-corrected chi connectivity index (χ3v) is 19.4. The Balaban J connectivity index is 1.12. The fourth-order valence-corrected chi connectivity index (χ4v) is 15.0. The van der Waals surface area contributed by atoms with Crippen LogP contribution in [0.15, 0.2) is 158 Å². The summed E-state index contributed by atoms with van der Waals surface area (Å²) in [6.07, 6.45) is 0. The Morgan fingerprint density at radius 2 is 0.562 bits per heavy atom. The lowest BCUT2D eigenvalue weighted by Gasteiger charge is -2.28. The number of hydrogen-bond acceptors (Lipinski definition) is 0. The highest BCUT2D eigenvalue weighted by molar-refractivity contribution is 6.47. The van der Waals surface area contributed by atoms with Crippen molar-refractivity contribution in [3.05, 3.63) is 191 Å². The van der Waals surface area contributed by atoms with E-state index in [0.29, 0.717) is 0 Å². The highest BCUT2D eigenvalue weighted by Gasteiger charge is 2.32. The van der Waals surface area contributed by atoms with E-state index in [2.05, 4.69) is 255 Å². The minimum absolute atomic E-state index is 0.0729. The van der Waals surface area contributed by atoms with Crippen molar-refractivity contribution in [2.24, 2.45) is 0 Å². The first-order valence-corrected chi connectivity index (χ1v) is 29.3. The third-order valence-electron chi connectivity index (χ3n) is 19.4. The van der Waals surface area contributed by atoms with Gasteiger partial charge in [0.2, 0.25) is 0 Å². The lowest BCUT2D eigenvalue weighted by atomic mass is 9.76. The molecule has 0 unspecified atom stereocenters. The first-order chi connectivity index (χ1) is 38.0. The van der Waals surface area contributed by atoms with Gasteiger partial charge >= 0.3 is 0 Å². The maximum absolute atomic E-state index is 2.62. The Bertz CT molecular complexity index is 4880. The van der Waals surface area contributed by atoms with Crippen molar-refractivity contribution >= 4 is 118 Å². The van der Waals surface area contributed by atoms with Gasteiger partial charge in [-0.1, -0.05) is 217 Å². The first-order valence-electron chi connectivity index (χ1n) is 29.3. The fraction of sp³-hybridized carbons (Fsp3) is 0.225. The van der Waals surface area contributed by atoms with Crippen LogP contribution in [0, 0.1) is 13.8 Å². The van der Waals surface area contributed by atoms with Crippen LogP contribution in [0.25, 0.3) is 163 Å². The van der Waals surface area contributed by atoms with Crippen molar-refractivity contribution in [1.29, 1.82) is 0 Å². The molecule has 0 N–H and O–H groups in total. The van der Waals surface area contributed by atoms with Gasteiger partial charge in [0, 0.05) is 0 Å². The van der Waals surface area contributed by atoms with Gasteiger partial charge < -0.3 is 0 Å². The molecule has 0 spiro atoms. The molecule has 0 heterocycles. The van der Waals surface area contributed by atoms with Crippen LogP contribution in [0.3, 0.4) is 0 Å². The normalized spacial score (nSPS) is 13.6. The van der Waals surface area contributed by atoms with E-state index in [-0.39, 0.29) is 21.7 Å². The molecular weight excluding hydrogens is 961 g/mol. The maximum atomic E-state index is 2.62. The number of hydrogen-bond donors (Lipinski definition) is 0. The van der Waals surface area contributed by atoms with Gasteiger partial charge in [-0.3, -0.25) is 0 Å². The van der Waals surface area contributed by atoms with E-state index in [1.807, 2.05) is 0 Å². The lowest BCUT2D eigenvalue weighted by Crippen LogP contribution is -2.16. The van der Waals surface area contributed by atoms with Gasteiger partial charge in [0.15, 0.2) is 0 Å². The van der Waals surface area contributed by atoms with Crippen LogP contribution in [0.4, 0.5) is 0 Å². The highest BCUT2D eigenvalue weighted by Crippen LogP contribution is 2.58. The molecule has 0 fully saturated rings. The molecule has 16 rings (SSSR count). The van der Waals surface area contributed by atoms with Crippen LogP contribution in [0.1, 0.15) is 116 Å². The molecule has 0 radical (unpaired) electrons. The quantitative estimate of drug-likeness (QED) is 0.120. The van der Waals surface area contributed by atoms with E-state index in [1.165, 1.54) is 196 Å². The molecule has 0 aromatic heterocycles. The van der Waals surface area contributed by atoms with Gasteiger partial charge in [-0.05, 0) is 256 Å². The van der Waals surface area contributed by atoms with Crippen molar-refractivity contribution in [1.82, 2.24) is 0 Å². The van der Waals surface area contributed by atoms with Crippen molar-refractivity contribution in [2.45, 2.75) is 119 Å². The van der Waals surface area contributed by atoms with Crippen molar-refractivity contribution in [2.75, 3.05) is 0 Å². The van der Waals surface area contributed by atoms with Gasteiger partial charge in [0.1, 0.15) is 0 Å². The molecule has 1 aliphatic rings. The Hall–Kier alpha value is -8.06. The predicted molar refractivity (Wildman–Crippen MR) is 352 cm³/mol. The smallest absolute Gasteiger partial charge is 0.000740 e. The van der Waals surface area contributed by atoms with Crippen LogP contribution in [0.2, 0.25) is 0 Å². The zero-order valence-electron chi connectivity index (χ0n) is 49.0. The second-order valence-electron chi connectivity index (χ2n) is 28.6. The largest absolute Gasteiger partial charge is 0.0610 e. The Morgan fingerprint density at radius 3 is 0.950 bits per heavy atom. The summed E-state index contributed by atoms with van der Waals surface area (Å²) in [4.78, 5) is 0. The molecule has 0 amide bonds. The molecule has 388 valence electrons. The number of aryl methyl sites for hydroxylation is 2. The summed E-state index contributed by atoms with van der Waals surface area (Å²) < 4.78 is 0. The van der Waals surface area contributed by atoms with Gasteiger partial charge in [0.25, 0.3) is 0 Å². The summed E-state index contributed by atoms with van der Waals surface area (Å²) in [6, 6.07) is 63.9. The molecule has 80 heavy (non-hydrogen) atoms. The Morgan fingerprint density at radius 1 is 0.225 bits per heavy atom. The average Bonchev–Trinajstić information content (AvgIpc) is 4.16. The van der Waals surface area contributed by atoms with Gasteiger partial charge in [-0.15, -0.1) is 0 Å². The van der Waals surface area contributed by atoms with E-state index in [9.17, 15) is 0 Å². The van der Waals surface area contributed by atoms with Crippen molar-refractivity contribution < 1.29 is 0 Å².